The van der Waals surface area contributed by atoms with Gasteiger partial charge in [0.05, 0.1) is 17.6 Å². The first kappa shape index (κ1) is 21.5. The van der Waals surface area contributed by atoms with Crippen LogP contribution in [0.5, 0.6) is 5.75 Å². The number of methoxy groups -OCH3 is 1. The molecule has 1 saturated heterocycles. The van der Waals surface area contributed by atoms with E-state index >= 15 is 0 Å². The maximum atomic E-state index is 12.7. The number of halogens is 3. The van der Waals surface area contributed by atoms with Gasteiger partial charge in [0, 0.05) is 13.7 Å². The fourth-order valence-corrected chi connectivity index (χ4v) is 3.03. The van der Waals surface area contributed by atoms with E-state index in [0.717, 1.165) is 12.1 Å². The van der Waals surface area contributed by atoms with E-state index in [1.807, 2.05) is 0 Å². The summed E-state index contributed by atoms with van der Waals surface area (Å²) in [5, 5.41) is 15.9. The number of rotatable bonds is 8. The van der Waals surface area contributed by atoms with E-state index in [0.29, 0.717) is 25.9 Å². The molecule has 6 nitrogen and oxygen atoms in total. The van der Waals surface area contributed by atoms with Crippen LogP contribution in [0.25, 0.3) is 0 Å². The highest BCUT2D eigenvalue weighted by Gasteiger charge is 2.39. The third-order valence-electron chi connectivity index (χ3n) is 4.56. The lowest BCUT2D eigenvalue weighted by atomic mass is 9.78. The molecule has 3 N–H and O–H groups in total. The monoisotopic (exact) mass is 390 g/mol. The lowest BCUT2D eigenvalue weighted by molar-refractivity contribution is -0.138. The Morgan fingerprint density at radius 1 is 1.37 bits per heavy atom. The van der Waals surface area contributed by atoms with Gasteiger partial charge in [-0.15, -0.1) is 0 Å². The first-order chi connectivity index (χ1) is 12.8. The summed E-state index contributed by atoms with van der Waals surface area (Å²) in [6.45, 7) is 1.41. The van der Waals surface area contributed by atoms with E-state index in [9.17, 15) is 23.1 Å². The van der Waals surface area contributed by atoms with E-state index in [-0.39, 0.29) is 31.4 Å². The number of alkyl halides is 3. The molecule has 0 aromatic heterocycles. The molecular formula is C18H25F3N2O4. The molecule has 1 heterocycles. The van der Waals surface area contributed by atoms with Gasteiger partial charge in [0.15, 0.2) is 0 Å². The molecule has 1 aromatic carbocycles. The van der Waals surface area contributed by atoms with Gasteiger partial charge in [-0.25, -0.2) is 0 Å². The Kier molecular flexibility index (Phi) is 7.46. The van der Waals surface area contributed by atoms with E-state index in [4.69, 9.17) is 9.47 Å². The third-order valence-corrected chi connectivity index (χ3v) is 4.56. The summed E-state index contributed by atoms with van der Waals surface area (Å²) >= 11 is 0. The topological polar surface area (TPSA) is 79.8 Å². The fourth-order valence-electron chi connectivity index (χ4n) is 3.03. The number of carbonyl (C=O) groups excluding carboxylic acids is 1. The van der Waals surface area contributed by atoms with Crippen LogP contribution in [0.15, 0.2) is 24.3 Å². The van der Waals surface area contributed by atoms with E-state index in [1.165, 1.54) is 19.2 Å². The second-order valence-electron chi connectivity index (χ2n) is 6.66. The Bertz CT molecular complexity index is 613. The minimum atomic E-state index is -4.46. The van der Waals surface area contributed by atoms with Crippen molar-refractivity contribution in [3.05, 3.63) is 29.8 Å². The van der Waals surface area contributed by atoms with Crippen molar-refractivity contribution in [3.63, 3.8) is 0 Å². The Labute approximate surface area is 156 Å². The summed E-state index contributed by atoms with van der Waals surface area (Å²) in [6.07, 6.45) is -4.26. The van der Waals surface area contributed by atoms with Gasteiger partial charge >= 0.3 is 6.18 Å². The molecule has 1 aliphatic heterocycles. The number of piperidine rings is 1. The number of aliphatic hydroxyl groups is 1. The average Bonchev–Trinajstić information content (AvgIpc) is 2.65. The lowest BCUT2D eigenvalue weighted by Crippen LogP contribution is -2.51. The molecule has 1 fully saturated rings. The zero-order chi connectivity index (χ0) is 19.9. The van der Waals surface area contributed by atoms with E-state index < -0.39 is 23.3 Å². The van der Waals surface area contributed by atoms with Crippen molar-refractivity contribution in [2.24, 2.45) is 5.41 Å². The van der Waals surface area contributed by atoms with Crippen LogP contribution in [-0.4, -0.2) is 57.1 Å². The molecule has 1 atom stereocenters. The molecule has 27 heavy (non-hydrogen) atoms. The van der Waals surface area contributed by atoms with Gasteiger partial charge in [-0.3, -0.25) is 4.79 Å². The van der Waals surface area contributed by atoms with Crippen molar-refractivity contribution in [1.82, 2.24) is 10.6 Å². The van der Waals surface area contributed by atoms with Gasteiger partial charge in [-0.2, -0.15) is 13.2 Å². The second-order valence-corrected chi connectivity index (χ2v) is 6.66. The zero-order valence-corrected chi connectivity index (χ0v) is 15.1. The maximum Gasteiger partial charge on any atom is 0.416 e. The van der Waals surface area contributed by atoms with E-state index in [2.05, 4.69) is 10.6 Å². The number of ether oxygens (including phenoxy) is 2. The SMILES string of the molecule is COCC1(C(=O)NCC(O)COc2cccc(C(F)(F)F)c2)CCNCC1. The van der Waals surface area contributed by atoms with Gasteiger partial charge in [0.2, 0.25) is 5.91 Å². The van der Waals surface area contributed by atoms with Crippen molar-refractivity contribution in [2.45, 2.75) is 25.1 Å². The summed E-state index contributed by atoms with van der Waals surface area (Å²) < 4.78 is 48.5. The van der Waals surface area contributed by atoms with Crippen LogP contribution in [0.2, 0.25) is 0 Å². The van der Waals surface area contributed by atoms with Crippen molar-refractivity contribution in [2.75, 3.05) is 40.0 Å². The third kappa shape index (κ3) is 6.08. The van der Waals surface area contributed by atoms with Crippen LogP contribution in [0.3, 0.4) is 0 Å². The summed E-state index contributed by atoms with van der Waals surface area (Å²) in [6, 6.07) is 4.42. The molecular weight excluding hydrogens is 365 g/mol. The normalized spacial score (nSPS) is 18.0. The molecule has 1 unspecified atom stereocenters. The Hall–Kier alpha value is -1.84. The Balaban J connectivity index is 1.83. The van der Waals surface area contributed by atoms with Crippen LogP contribution < -0.4 is 15.4 Å². The molecule has 2 rings (SSSR count). The highest BCUT2D eigenvalue weighted by Crippen LogP contribution is 2.31. The van der Waals surface area contributed by atoms with Crippen LogP contribution in [0, 0.1) is 5.41 Å². The Morgan fingerprint density at radius 2 is 2.07 bits per heavy atom. The number of hydrogen-bond donors (Lipinski definition) is 3. The largest absolute Gasteiger partial charge is 0.491 e. The van der Waals surface area contributed by atoms with Crippen molar-refractivity contribution >= 4 is 5.91 Å². The number of hydrogen-bond acceptors (Lipinski definition) is 5. The predicted octanol–water partition coefficient (Wildman–Crippen LogP) is 1.58. The van der Waals surface area contributed by atoms with Gasteiger partial charge in [0.1, 0.15) is 18.5 Å². The summed E-state index contributed by atoms with van der Waals surface area (Å²) in [4.78, 5) is 12.5. The molecule has 0 aliphatic carbocycles. The second kappa shape index (κ2) is 9.38. The van der Waals surface area contributed by atoms with Crippen molar-refractivity contribution < 1.29 is 32.5 Å². The van der Waals surface area contributed by atoms with Crippen molar-refractivity contribution in [1.29, 1.82) is 0 Å². The first-order valence-corrected chi connectivity index (χ1v) is 8.73. The minimum Gasteiger partial charge on any atom is -0.491 e. The van der Waals surface area contributed by atoms with Crippen LogP contribution in [0.4, 0.5) is 13.2 Å². The molecule has 0 spiro atoms. The molecule has 0 radical (unpaired) electrons. The minimum absolute atomic E-state index is 0.00408. The number of nitrogens with one attached hydrogen (secondary N) is 2. The lowest BCUT2D eigenvalue weighted by Gasteiger charge is -2.35. The molecule has 152 valence electrons. The molecule has 1 aliphatic rings. The van der Waals surface area contributed by atoms with Crippen LogP contribution in [0.1, 0.15) is 18.4 Å². The highest BCUT2D eigenvalue weighted by atomic mass is 19.4. The first-order valence-electron chi connectivity index (χ1n) is 8.73. The number of benzene rings is 1. The molecule has 0 bridgehead atoms. The maximum absolute atomic E-state index is 12.7. The number of amides is 1. The van der Waals surface area contributed by atoms with Gasteiger partial charge in [-0.05, 0) is 44.1 Å². The fraction of sp³-hybridized carbons (Fsp3) is 0.611. The van der Waals surface area contributed by atoms with Gasteiger partial charge in [0.25, 0.3) is 0 Å². The Morgan fingerprint density at radius 3 is 2.70 bits per heavy atom. The summed E-state index contributed by atoms with van der Waals surface area (Å²) in [7, 11) is 1.54. The van der Waals surface area contributed by atoms with Gasteiger partial charge < -0.3 is 25.2 Å². The number of carbonyl (C=O) groups is 1. The van der Waals surface area contributed by atoms with Crippen molar-refractivity contribution in [3.8, 4) is 5.75 Å². The smallest absolute Gasteiger partial charge is 0.416 e. The standard InChI is InChI=1S/C18H25F3N2O4/c1-26-12-17(5-7-22-8-6-17)16(25)23-10-14(24)11-27-15-4-2-3-13(9-15)18(19,20)21/h2-4,9,14,22,24H,5-8,10-12H2,1H3,(H,23,25). The zero-order valence-electron chi connectivity index (χ0n) is 15.1. The van der Waals surface area contributed by atoms with E-state index in [1.54, 1.807) is 0 Å². The predicted molar refractivity (Wildman–Crippen MR) is 92.4 cm³/mol. The summed E-state index contributed by atoms with van der Waals surface area (Å²) in [5.74, 6) is -0.201. The summed E-state index contributed by atoms with van der Waals surface area (Å²) in [5.41, 5.74) is -1.46. The highest BCUT2D eigenvalue weighted by molar-refractivity contribution is 5.83. The molecule has 1 amide bonds. The van der Waals surface area contributed by atoms with Gasteiger partial charge in [-0.1, -0.05) is 6.07 Å². The average molecular weight is 390 g/mol. The molecule has 1 aromatic rings. The number of aliphatic hydroxyl groups excluding tert-OH is 1. The molecule has 0 saturated carbocycles. The van der Waals surface area contributed by atoms with Crippen LogP contribution in [-0.2, 0) is 15.7 Å². The molecule has 9 heteroatoms. The van der Waals surface area contributed by atoms with Crippen LogP contribution >= 0.6 is 0 Å². The quantitative estimate of drug-likeness (QED) is 0.628.